The molecule has 0 radical (unpaired) electrons. The lowest BCUT2D eigenvalue weighted by molar-refractivity contribution is 0.548. The first-order valence-electron chi connectivity index (χ1n) is 10.5. The molecule has 1 aliphatic heterocycles. The molecule has 6 heteroatoms. The number of rotatable bonds is 6. The smallest absolute Gasteiger partial charge is 0.180 e. The van der Waals surface area contributed by atoms with Crippen molar-refractivity contribution in [2.24, 2.45) is 0 Å². The zero-order chi connectivity index (χ0) is 20.3. The second-order valence-corrected chi connectivity index (χ2v) is 7.65. The number of fused-ring (bicyclic) bond motifs is 1. The molecule has 0 aliphatic carbocycles. The fourth-order valence-corrected chi connectivity index (χ4v) is 4.23. The summed E-state index contributed by atoms with van der Waals surface area (Å²) in [6.07, 6.45) is 10.9. The second-order valence-electron chi connectivity index (χ2n) is 7.65. The Labute approximate surface area is 175 Å². The number of allylic oxidation sites excluding steroid dienone is 1. The topological polar surface area (TPSA) is 72.3 Å². The van der Waals surface area contributed by atoms with Gasteiger partial charge in [0.05, 0.1) is 6.04 Å². The Morgan fingerprint density at radius 3 is 2.67 bits per heavy atom. The predicted octanol–water partition coefficient (Wildman–Crippen LogP) is 5.08. The van der Waals surface area contributed by atoms with Crippen molar-refractivity contribution in [3.63, 3.8) is 0 Å². The highest BCUT2D eigenvalue weighted by Crippen LogP contribution is 2.34. The fraction of sp³-hybridized carbons (Fsp3) is 0.250. The van der Waals surface area contributed by atoms with E-state index in [1.807, 2.05) is 24.4 Å². The number of nitrogens with zero attached hydrogens (tertiary/aromatic N) is 5. The van der Waals surface area contributed by atoms with Crippen LogP contribution < -0.4 is 0 Å². The van der Waals surface area contributed by atoms with E-state index in [-0.39, 0.29) is 0 Å². The van der Waals surface area contributed by atoms with Gasteiger partial charge in [-0.05, 0) is 52.5 Å². The molecule has 3 heterocycles. The van der Waals surface area contributed by atoms with Gasteiger partial charge < -0.3 is 4.57 Å². The van der Waals surface area contributed by atoms with Gasteiger partial charge in [0.15, 0.2) is 5.82 Å². The first kappa shape index (κ1) is 18.5. The second kappa shape index (κ2) is 8.06. The molecule has 0 fully saturated rings. The van der Waals surface area contributed by atoms with Gasteiger partial charge in [-0.2, -0.15) is 0 Å². The Balaban J connectivity index is 1.48. The standard InChI is InChI=1S/C24H24N6/c1-2-3-7-19-16-25-23-11-6-10-22(30(19)23)18-14-12-17(13-15-18)20-8-4-5-9-21(20)24-26-28-29-27-24/h4-6,8-9,11-16,22H,2-3,7,10H2,1H3,(H,26,27,28,29). The molecule has 1 atom stereocenters. The van der Waals surface area contributed by atoms with Crippen molar-refractivity contribution in [3.05, 3.63) is 77.9 Å². The minimum Gasteiger partial charge on any atom is -0.321 e. The molecular formula is C24H24N6. The highest BCUT2D eigenvalue weighted by molar-refractivity contribution is 5.80. The molecule has 0 saturated carbocycles. The third-order valence-corrected chi connectivity index (χ3v) is 5.76. The van der Waals surface area contributed by atoms with Gasteiger partial charge in [-0.15, -0.1) is 5.10 Å². The number of benzene rings is 2. The van der Waals surface area contributed by atoms with Gasteiger partial charge >= 0.3 is 0 Å². The van der Waals surface area contributed by atoms with E-state index >= 15 is 0 Å². The van der Waals surface area contributed by atoms with Crippen LogP contribution in [0.3, 0.4) is 0 Å². The molecule has 6 nitrogen and oxygen atoms in total. The molecule has 5 rings (SSSR count). The Morgan fingerprint density at radius 2 is 1.90 bits per heavy atom. The van der Waals surface area contributed by atoms with Crippen LogP contribution in [0.5, 0.6) is 0 Å². The molecule has 2 aromatic carbocycles. The fourth-order valence-electron chi connectivity index (χ4n) is 4.23. The maximum atomic E-state index is 4.64. The third-order valence-electron chi connectivity index (χ3n) is 5.76. The summed E-state index contributed by atoms with van der Waals surface area (Å²) >= 11 is 0. The van der Waals surface area contributed by atoms with Crippen LogP contribution in [0.25, 0.3) is 28.6 Å². The van der Waals surface area contributed by atoms with Crippen molar-refractivity contribution < 1.29 is 0 Å². The summed E-state index contributed by atoms with van der Waals surface area (Å²) in [5.74, 6) is 1.74. The van der Waals surface area contributed by atoms with Crippen molar-refractivity contribution in [1.82, 2.24) is 30.2 Å². The highest BCUT2D eigenvalue weighted by Gasteiger charge is 2.22. The lowest BCUT2D eigenvalue weighted by Crippen LogP contribution is -2.17. The number of tetrazole rings is 1. The third kappa shape index (κ3) is 3.34. The van der Waals surface area contributed by atoms with Crippen LogP contribution in [0, 0.1) is 0 Å². The summed E-state index contributed by atoms with van der Waals surface area (Å²) in [5, 5.41) is 14.4. The molecule has 1 N–H and O–H groups in total. The van der Waals surface area contributed by atoms with E-state index in [9.17, 15) is 0 Å². The Kier molecular flexibility index (Phi) is 4.97. The van der Waals surface area contributed by atoms with Crippen LogP contribution in [0.4, 0.5) is 0 Å². The van der Waals surface area contributed by atoms with E-state index in [0.29, 0.717) is 11.9 Å². The number of unbranched alkanes of at least 4 members (excludes halogenated alkanes) is 1. The zero-order valence-corrected chi connectivity index (χ0v) is 17.0. The largest absolute Gasteiger partial charge is 0.321 e. The molecule has 30 heavy (non-hydrogen) atoms. The van der Waals surface area contributed by atoms with E-state index in [0.717, 1.165) is 35.4 Å². The Bertz CT molecular complexity index is 1150. The number of hydrogen-bond acceptors (Lipinski definition) is 4. The number of aryl methyl sites for hydroxylation is 1. The molecule has 4 aromatic rings. The average Bonchev–Trinajstić information content (AvgIpc) is 3.48. The number of H-pyrrole nitrogens is 1. The number of aromatic amines is 1. The molecule has 0 saturated heterocycles. The minimum atomic E-state index is 0.294. The zero-order valence-electron chi connectivity index (χ0n) is 17.0. The van der Waals surface area contributed by atoms with Crippen LogP contribution in [0.1, 0.15) is 49.3 Å². The summed E-state index contributed by atoms with van der Waals surface area (Å²) in [7, 11) is 0. The van der Waals surface area contributed by atoms with Gasteiger partial charge in [-0.1, -0.05) is 68.0 Å². The van der Waals surface area contributed by atoms with E-state index in [1.165, 1.54) is 24.1 Å². The van der Waals surface area contributed by atoms with E-state index in [1.54, 1.807) is 0 Å². The number of nitrogens with one attached hydrogen (secondary N) is 1. The molecule has 150 valence electrons. The van der Waals surface area contributed by atoms with Crippen molar-refractivity contribution in [2.75, 3.05) is 0 Å². The maximum absolute atomic E-state index is 4.64. The first-order chi connectivity index (χ1) is 14.8. The van der Waals surface area contributed by atoms with Gasteiger partial charge in [0, 0.05) is 17.5 Å². The Hall–Kier alpha value is -3.54. The number of hydrogen-bond donors (Lipinski definition) is 1. The summed E-state index contributed by atoms with van der Waals surface area (Å²) < 4.78 is 2.42. The van der Waals surface area contributed by atoms with E-state index < -0.39 is 0 Å². The number of imidazole rings is 1. The van der Waals surface area contributed by atoms with Crippen LogP contribution in [-0.2, 0) is 6.42 Å². The normalized spacial score (nSPS) is 15.3. The first-order valence-corrected chi connectivity index (χ1v) is 10.5. The van der Waals surface area contributed by atoms with Gasteiger partial charge in [-0.25, -0.2) is 10.1 Å². The van der Waals surface area contributed by atoms with Crippen molar-refractivity contribution in [2.45, 2.75) is 38.6 Å². The lowest BCUT2D eigenvalue weighted by Gasteiger charge is -2.25. The van der Waals surface area contributed by atoms with Crippen molar-refractivity contribution in [1.29, 1.82) is 0 Å². The summed E-state index contributed by atoms with van der Waals surface area (Å²) in [4.78, 5) is 4.64. The Morgan fingerprint density at radius 1 is 1.07 bits per heavy atom. The molecule has 1 unspecified atom stereocenters. The summed E-state index contributed by atoms with van der Waals surface area (Å²) in [5.41, 5.74) is 5.88. The predicted molar refractivity (Wildman–Crippen MR) is 118 cm³/mol. The number of aromatic nitrogens is 6. The lowest BCUT2D eigenvalue weighted by atomic mass is 9.95. The van der Waals surface area contributed by atoms with Crippen LogP contribution in [0.2, 0.25) is 0 Å². The van der Waals surface area contributed by atoms with Crippen LogP contribution in [0.15, 0.2) is 60.8 Å². The van der Waals surface area contributed by atoms with Gasteiger partial charge in [0.2, 0.25) is 0 Å². The molecule has 1 aliphatic rings. The van der Waals surface area contributed by atoms with E-state index in [4.69, 9.17) is 0 Å². The monoisotopic (exact) mass is 396 g/mol. The van der Waals surface area contributed by atoms with Gasteiger partial charge in [0.25, 0.3) is 0 Å². The molecule has 0 amide bonds. The molecular weight excluding hydrogens is 372 g/mol. The van der Waals surface area contributed by atoms with Crippen molar-refractivity contribution in [3.8, 4) is 22.5 Å². The van der Waals surface area contributed by atoms with Crippen LogP contribution >= 0.6 is 0 Å². The van der Waals surface area contributed by atoms with Crippen LogP contribution in [-0.4, -0.2) is 30.2 Å². The highest BCUT2D eigenvalue weighted by atomic mass is 15.5. The molecule has 0 bridgehead atoms. The SMILES string of the molecule is CCCCc1cnc2n1C(c1ccc(-c3ccccc3-c3nnn[nH]3)cc1)CC=C2. The molecule has 2 aromatic heterocycles. The quantitative estimate of drug-likeness (QED) is 0.493. The maximum Gasteiger partial charge on any atom is 0.180 e. The summed E-state index contributed by atoms with van der Waals surface area (Å²) in [6.45, 7) is 2.23. The van der Waals surface area contributed by atoms with Crippen molar-refractivity contribution >= 4 is 6.08 Å². The summed E-state index contributed by atoms with van der Waals surface area (Å²) in [6, 6.07) is 17.3. The van der Waals surface area contributed by atoms with Gasteiger partial charge in [-0.3, -0.25) is 0 Å². The molecule has 0 spiro atoms. The van der Waals surface area contributed by atoms with E-state index in [2.05, 4.69) is 79.6 Å². The van der Waals surface area contributed by atoms with Gasteiger partial charge in [0.1, 0.15) is 5.82 Å². The minimum absolute atomic E-state index is 0.294. The average molecular weight is 396 g/mol.